The lowest BCUT2D eigenvalue weighted by molar-refractivity contribution is -0.386. The minimum atomic E-state index is -0.582. The summed E-state index contributed by atoms with van der Waals surface area (Å²) < 4.78 is 15.8. The number of benzene rings is 1. The Balaban J connectivity index is 2.42. The second-order valence-corrected chi connectivity index (χ2v) is 5.06. The zero-order valence-electron chi connectivity index (χ0n) is 14.4. The van der Waals surface area contributed by atoms with E-state index in [2.05, 4.69) is 21.6 Å². The first-order valence-corrected chi connectivity index (χ1v) is 7.50. The van der Waals surface area contributed by atoms with E-state index in [1.54, 1.807) is 13.8 Å². The summed E-state index contributed by atoms with van der Waals surface area (Å²) in [4.78, 5) is 26.3. The van der Waals surface area contributed by atoms with Gasteiger partial charge in [-0.2, -0.15) is 0 Å². The molecule has 0 aliphatic carbocycles. The Kier molecular flexibility index (Phi) is 6.11. The Morgan fingerprint density at radius 3 is 2.73 bits per heavy atom. The highest BCUT2D eigenvalue weighted by molar-refractivity contribution is 5.90. The first-order valence-electron chi connectivity index (χ1n) is 7.50. The summed E-state index contributed by atoms with van der Waals surface area (Å²) >= 11 is 0. The van der Waals surface area contributed by atoms with Gasteiger partial charge in [-0.05, 0) is 37.6 Å². The van der Waals surface area contributed by atoms with Crippen LogP contribution in [-0.2, 0) is 4.74 Å². The number of hydrogen-bond donors (Lipinski definition) is 0. The maximum atomic E-state index is 11.7. The van der Waals surface area contributed by atoms with Crippen molar-refractivity contribution in [3.8, 4) is 29.2 Å². The molecule has 8 nitrogen and oxygen atoms in total. The maximum absolute atomic E-state index is 11.7. The predicted molar refractivity (Wildman–Crippen MR) is 92.4 cm³/mol. The Hall–Kier alpha value is -3.60. The molecule has 0 aliphatic rings. The number of aromatic nitrogens is 1. The van der Waals surface area contributed by atoms with Gasteiger partial charge in [0, 0.05) is 12.3 Å². The third-order valence-corrected chi connectivity index (χ3v) is 3.21. The second-order valence-electron chi connectivity index (χ2n) is 5.06. The molecule has 1 aromatic heterocycles. The van der Waals surface area contributed by atoms with E-state index in [0.29, 0.717) is 5.56 Å². The summed E-state index contributed by atoms with van der Waals surface area (Å²) in [5.41, 5.74) is 0.590. The molecule has 8 heteroatoms. The van der Waals surface area contributed by atoms with Crippen molar-refractivity contribution in [3.05, 3.63) is 51.7 Å². The number of aryl methyl sites for hydroxylation is 1. The van der Waals surface area contributed by atoms with Gasteiger partial charge in [0.05, 0.1) is 17.6 Å². The Morgan fingerprint density at radius 1 is 1.31 bits per heavy atom. The van der Waals surface area contributed by atoms with Crippen LogP contribution in [0.15, 0.2) is 30.5 Å². The quantitative estimate of drug-likeness (QED) is 0.339. The smallest absolute Gasteiger partial charge is 0.337 e. The predicted octanol–water partition coefficient (Wildman–Crippen LogP) is 3.28. The van der Waals surface area contributed by atoms with Crippen molar-refractivity contribution < 1.29 is 23.9 Å². The first-order chi connectivity index (χ1) is 12.5. The summed E-state index contributed by atoms with van der Waals surface area (Å²) in [5, 5.41) is 11.2. The molecular weight excluding hydrogens is 340 g/mol. The molecule has 0 aliphatic heterocycles. The van der Waals surface area contributed by atoms with E-state index >= 15 is 0 Å². The number of nitrogens with zero attached hydrogens (tertiary/aromatic N) is 2. The van der Waals surface area contributed by atoms with Crippen LogP contribution in [0.1, 0.15) is 22.8 Å². The summed E-state index contributed by atoms with van der Waals surface area (Å²) in [5.74, 6) is 5.01. The van der Waals surface area contributed by atoms with Crippen LogP contribution >= 0.6 is 0 Å². The average Bonchev–Trinajstić information content (AvgIpc) is 2.63. The van der Waals surface area contributed by atoms with E-state index in [0.717, 1.165) is 0 Å². The number of rotatable bonds is 6. The van der Waals surface area contributed by atoms with Crippen LogP contribution in [0.25, 0.3) is 0 Å². The number of hydrogen-bond acceptors (Lipinski definition) is 7. The van der Waals surface area contributed by atoms with Gasteiger partial charge in [0.25, 0.3) is 5.88 Å². The Bertz CT molecular complexity index is 898. The molecule has 0 atom stereocenters. The number of nitro groups is 1. The van der Waals surface area contributed by atoms with Gasteiger partial charge in [-0.1, -0.05) is 5.92 Å². The molecule has 0 unspecified atom stereocenters. The van der Waals surface area contributed by atoms with Crippen LogP contribution < -0.4 is 9.47 Å². The van der Waals surface area contributed by atoms with Gasteiger partial charge in [0.1, 0.15) is 6.61 Å². The third-order valence-electron chi connectivity index (χ3n) is 3.21. The summed E-state index contributed by atoms with van der Waals surface area (Å²) in [6.45, 7) is 3.40. The molecule has 0 radical (unpaired) electrons. The number of carbonyl (C=O) groups excluding carboxylic acids is 1. The molecule has 0 saturated heterocycles. The lowest BCUT2D eigenvalue weighted by Gasteiger charge is -2.12. The van der Waals surface area contributed by atoms with E-state index in [-0.39, 0.29) is 35.2 Å². The van der Waals surface area contributed by atoms with Crippen molar-refractivity contribution in [3.63, 3.8) is 0 Å². The molecule has 26 heavy (non-hydrogen) atoms. The van der Waals surface area contributed by atoms with Crippen molar-refractivity contribution in [2.45, 2.75) is 13.8 Å². The topological polar surface area (TPSA) is 101 Å². The van der Waals surface area contributed by atoms with Gasteiger partial charge in [-0.15, -0.1) is 5.92 Å². The number of ether oxygens (including phenoxy) is 3. The lowest BCUT2D eigenvalue weighted by Crippen LogP contribution is -2.04. The molecule has 134 valence electrons. The fourth-order valence-electron chi connectivity index (χ4n) is 1.99. The van der Waals surface area contributed by atoms with Crippen LogP contribution in [-0.4, -0.2) is 29.6 Å². The van der Waals surface area contributed by atoms with E-state index in [1.807, 2.05) is 0 Å². The van der Waals surface area contributed by atoms with Crippen molar-refractivity contribution in [2.75, 3.05) is 13.7 Å². The molecule has 0 amide bonds. The van der Waals surface area contributed by atoms with E-state index in [4.69, 9.17) is 9.47 Å². The van der Waals surface area contributed by atoms with Gasteiger partial charge in [-0.25, -0.2) is 9.78 Å². The van der Waals surface area contributed by atoms with Crippen LogP contribution in [0.4, 0.5) is 5.69 Å². The van der Waals surface area contributed by atoms with E-state index < -0.39 is 10.9 Å². The highest BCUT2D eigenvalue weighted by Crippen LogP contribution is 2.36. The number of pyridine rings is 1. The van der Waals surface area contributed by atoms with Gasteiger partial charge >= 0.3 is 11.7 Å². The van der Waals surface area contributed by atoms with Crippen LogP contribution in [0.5, 0.6) is 17.4 Å². The van der Waals surface area contributed by atoms with E-state index in [1.165, 1.54) is 37.6 Å². The largest absolute Gasteiger partial charge is 0.477 e. The van der Waals surface area contributed by atoms with Crippen molar-refractivity contribution in [1.29, 1.82) is 0 Å². The lowest BCUT2D eigenvalue weighted by atomic mass is 10.2. The number of carbonyl (C=O) groups is 1. The first kappa shape index (κ1) is 18.7. The minimum absolute atomic E-state index is 0.0565. The summed E-state index contributed by atoms with van der Waals surface area (Å²) in [7, 11) is 1.26. The Labute approximate surface area is 149 Å². The van der Waals surface area contributed by atoms with Crippen molar-refractivity contribution >= 4 is 11.7 Å². The van der Waals surface area contributed by atoms with Crippen molar-refractivity contribution in [1.82, 2.24) is 4.98 Å². The minimum Gasteiger partial charge on any atom is -0.477 e. The zero-order valence-corrected chi connectivity index (χ0v) is 14.4. The monoisotopic (exact) mass is 356 g/mol. The van der Waals surface area contributed by atoms with Gasteiger partial charge in [-0.3, -0.25) is 10.1 Å². The highest BCUT2D eigenvalue weighted by atomic mass is 16.6. The molecule has 0 spiro atoms. The molecular formula is C18H16N2O6. The number of esters is 1. The second kappa shape index (κ2) is 8.48. The van der Waals surface area contributed by atoms with Gasteiger partial charge in [0.2, 0.25) is 0 Å². The summed E-state index contributed by atoms with van der Waals surface area (Å²) in [6, 6.07) is 5.68. The molecule has 0 saturated carbocycles. The molecule has 0 bridgehead atoms. The normalized spacial score (nSPS) is 9.65. The summed E-state index contributed by atoms with van der Waals surface area (Å²) in [6.07, 6.45) is 1.45. The standard InChI is InChI=1S/C18H16N2O6/c1-4-5-8-25-16-10-13(18(21)24-3)6-7-15(16)26-17-14(20(22)23)9-12(2)11-19-17/h6-7,9-11H,8H2,1-3H3. The zero-order chi connectivity index (χ0) is 19.1. The number of methoxy groups -OCH3 is 1. The molecule has 0 N–H and O–H groups in total. The molecule has 0 fully saturated rings. The van der Waals surface area contributed by atoms with Crippen molar-refractivity contribution in [2.24, 2.45) is 0 Å². The van der Waals surface area contributed by atoms with E-state index in [9.17, 15) is 14.9 Å². The van der Waals surface area contributed by atoms with Crippen LogP contribution in [0, 0.1) is 28.9 Å². The van der Waals surface area contributed by atoms with Crippen LogP contribution in [0.2, 0.25) is 0 Å². The van der Waals surface area contributed by atoms with Gasteiger partial charge < -0.3 is 14.2 Å². The molecule has 1 aromatic carbocycles. The fraction of sp³-hybridized carbons (Fsp3) is 0.222. The van der Waals surface area contributed by atoms with Crippen LogP contribution in [0.3, 0.4) is 0 Å². The molecule has 2 rings (SSSR count). The maximum Gasteiger partial charge on any atom is 0.337 e. The fourth-order valence-corrected chi connectivity index (χ4v) is 1.99. The average molecular weight is 356 g/mol. The molecule has 2 aromatic rings. The highest BCUT2D eigenvalue weighted by Gasteiger charge is 2.20. The Morgan fingerprint density at radius 2 is 2.08 bits per heavy atom. The molecule has 1 heterocycles. The van der Waals surface area contributed by atoms with Gasteiger partial charge in [0.15, 0.2) is 11.5 Å². The third kappa shape index (κ3) is 4.48. The SMILES string of the molecule is CC#CCOc1cc(C(=O)OC)ccc1Oc1ncc(C)cc1[N+](=O)[O-].